The van der Waals surface area contributed by atoms with Crippen molar-refractivity contribution in [2.45, 2.75) is 129 Å². The molecule has 0 radical (unpaired) electrons. The molecule has 3 rings (SSSR count). The van der Waals surface area contributed by atoms with Gasteiger partial charge in [-0.1, -0.05) is 108 Å². The van der Waals surface area contributed by atoms with E-state index >= 15 is 0 Å². The fourth-order valence-electron chi connectivity index (χ4n) is 5.98. The van der Waals surface area contributed by atoms with Gasteiger partial charge >= 0.3 is 0 Å². The van der Waals surface area contributed by atoms with E-state index in [0.717, 1.165) is 36.7 Å². The molecule has 1 nitrogen and oxygen atoms in total. The van der Waals surface area contributed by atoms with E-state index in [-0.39, 0.29) is 0 Å². The van der Waals surface area contributed by atoms with E-state index in [4.69, 9.17) is 0 Å². The maximum Gasteiger partial charge on any atom is 0.162 e. The molecule has 0 aliphatic heterocycles. The highest BCUT2D eigenvalue weighted by Crippen LogP contribution is 2.39. The van der Waals surface area contributed by atoms with Crippen LogP contribution >= 0.6 is 0 Å². The number of aryl methyl sites for hydroxylation is 3. The Kier molecular flexibility index (Phi) is 12.1. The molecule has 0 unspecified atom stereocenters. The summed E-state index contributed by atoms with van der Waals surface area (Å²) in [6, 6.07) is 15.6. The Hall–Kier alpha value is -1.89. The van der Waals surface area contributed by atoms with Crippen LogP contribution in [0, 0.1) is 12.8 Å². The molecule has 1 aliphatic rings. The third-order valence-corrected chi connectivity index (χ3v) is 8.32. The van der Waals surface area contributed by atoms with Crippen LogP contribution in [0.1, 0.15) is 142 Å². The molecule has 0 aromatic heterocycles. The zero-order valence-electron chi connectivity index (χ0n) is 22.9. The summed E-state index contributed by atoms with van der Waals surface area (Å²) in [5.41, 5.74) is 6.72. The molecule has 35 heavy (non-hydrogen) atoms. The van der Waals surface area contributed by atoms with Crippen molar-refractivity contribution in [3.63, 3.8) is 0 Å². The van der Waals surface area contributed by atoms with Crippen molar-refractivity contribution < 1.29 is 4.79 Å². The summed E-state index contributed by atoms with van der Waals surface area (Å²) in [6.45, 7) is 6.85. The molecule has 0 amide bonds. The summed E-state index contributed by atoms with van der Waals surface area (Å²) in [5.74, 6) is 2.04. The molecule has 0 saturated heterocycles. The van der Waals surface area contributed by atoms with Crippen LogP contribution in [-0.4, -0.2) is 5.78 Å². The van der Waals surface area contributed by atoms with E-state index in [0.29, 0.717) is 12.2 Å². The highest BCUT2D eigenvalue weighted by molar-refractivity contribution is 5.96. The van der Waals surface area contributed by atoms with Crippen LogP contribution in [0.5, 0.6) is 0 Å². The molecule has 1 heteroatoms. The standard InChI is InChI=1S/C34H50O/c1-4-6-8-9-11-13-34(35)32-23-18-29(19-24-32)14-15-30-20-25-33(27(3)26-30)31-21-16-28(17-22-31)12-10-7-5-2/h18-20,23-26,28,31H,4-17,21-22H2,1-3H3/t28-,31-. The van der Waals surface area contributed by atoms with Crippen LogP contribution in [0.4, 0.5) is 0 Å². The average Bonchev–Trinajstić information content (AvgIpc) is 2.88. The first-order valence-corrected chi connectivity index (χ1v) is 14.8. The quantitative estimate of drug-likeness (QED) is 0.185. The lowest BCUT2D eigenvalue weighted by molar-refractivity contribution is 0.0979. The molecule has 1 fully saturated rings. The number of Topliss-reactive ketones (excluding diaryl/α,β-unsaturated/α-hetero) is 1. The maximum absolute atomic E-state index is 12.4. The van der Waals surface area contributed by atoms with Crippen LogP contribution in [0.3, 0.4) is 0 Å². The number of unbranched alkanes of at least 4 members (excludes halogenated alkanes) is 6. The molecule has 2 aromatic rings. The second kappa shape index (κ2) is 15.3. The van der Waals surface area contributed by atoms with Gasteiger partial charge in [0.05, 0.1) is 0 Å². The van der Waals surface area contributed by atoms with Gasteiger partial charge in [-0.15, -0.1) is 0 Å². The zero-order chi connectivity index (χ0) is 24.9. The number of carbonyl (C=O) groups excluding carboxylic acids is 1. The van der Waals surface area contributed by atoms with Crippen LogP contribution < -0.4 is 0 Å². The molecule has 0 spiro atoms. The Morgan fingerprint density at radius 3 is 2.06 bits per heavy atom. The van der Waals surface area contributed by atoms with Crippen molar-refractivity contribution in [3.8, 4) is 0 Å². The number of hydrogen-bond donors (Lipinski definition) is 0. The van der Waals surface area contributed by atoms with Crippen molar-refractivity contribution in [2.24, 2.45) is 5.92 Å². The van der Waals surface area contributed by atoms with E-state index in [1.165, 1.54) is 93.7 Å². The molecular weight excluding hydrogens is 424 g/mol. The van der Waals surface area contributed by atoms with Crippen LogP contribution in [-0.2, 0) is 12.8 Å². The first kappa shape index (κ1) is 27.7. The van der Waals surface area contributed by atoms with Gasteiger partial charge < -0.3 is 0 Å². The predicted molar refractivity (Wildman–Crippen MR) is 152 cm³/mol. The van der Waals surface area contributed by atoms with Crippen LogP contribution in [0.25, 0.3) is 0 Å². The highest BCUT2D eigenvalue weighted by atomic mass is 16.1. The fraction of sp³-hybridized carbons (Fsp3) is 0.618. The van der Waals surface area contributed by atoms with Gasteiger partial charge in [0.25, 0.3) is 0 Å². The average molecular weight is 475 g/mol. The van der Waals surface area contributed by atoms with Crippen molar-refractivity contribution in [1.82, 2.24) is 0 Å². The molecule has 0 atom stereocenters. The van der Waals surface area contributed by atoms with E-state index in [9.17, 15) is 4.79 Å². The Morgan fingerprint density at radius 2 is 1.37 bits per heavy atom. The molecule has 0 heterocycles. The van der Waals surface area contributed by atoms with Crippen molar-refractivity contribution in [3.05, 3.63) is 70.3 Å². The molecule has 192 valence electrons. The van der Waals surface area contributed by atoms with E-state index in [1.807, 2.05) is 12.1 Å². The Balaban J connectivity index is 1.43. The minimum atomic E-state index is 0.300. The SMILES string of the molecule is CCCCCCCC(=O)c1ccc(CCc2ccc([C@H]3CC[C@H](CCCCC)CC3)c(C)c2)cc1. The minimum Gasteiger partial charge on any atom is -0.294 e. The summed E-state index contributed by atoms with van der Waals surface area (Å²) >= 11 is 0. The summed E-state index contributed by atoms with van der Waals surface area (Å²) < 4.78 is 0. The lowest BCUT2D eigenvalue weighted by atomic mass is 9.76. The zero-order valence-corrected chi connectivity index (χ0v) is 22.9. The van der Waals surface area contributed by atoms with E-state index in [1.54, 1.807) is 5.56 Å². The van der Waals surface area contributed by atoms with Crippen molar-refractivity contribution in [2.75, 3.05) is 0 Å². The van der Waals surface area contributed by atoms with Gasteiger partial charge in [-0.3, -0.25) is 4.79 Å². The summed E-state index contributed by atoms with van der Waals surface area (Å²) in [6.07, 6.45) is 20.0. The Morgan fingerprint density at radius 1 is 0.743 bits per heavy atom. The first-order valence-electron chi connectivity index (χ1n) is 14.8. The monoisotopic (exact) mass is 474 g/mol. The Labute approximate surface area is 216 Å². The van der Waals surface area contributed by atoms with Crippen molar-refractivity contribution in [1.29, 1.82) is 0 Å². The second-order valence-corrected chi connectivity index (χ2v) is 11.2. The molecular formula is C34H50O. The smallest absolute Gasteiger partial charge is 0.162 e. The summed E-state index contributed by atoms with van der Waals surface area (Å²) in [7, 11) is 0. The molecule has 2 aromatic carbocycles. The van der Waals surface area contributed by atoms with E-state index in [2.05, 4.69) is 51.1 Å². The lowest BCUT2D eigenvalue weighted by Crippen LogP contribution is -2.14. The minimum absolute atomic E-state index is 0.300. The predicted octanol–water partition coefficient (Wildman–Crippen LogP) is 10.2. The van der Waals surface area contributed by atoms with Crippen LogP contribution in [0.15, 0.2) is 42.5 Å². The molecule has 0 N–H and O–H groups in total. The van der Waals surface area contributed by atoms with Gasteiger partial charge in [0.2, 0.25) is 0 Å². The summed E-state index contributed by atoms with van der Waals surface area (Å²) in [5, 5.41) is 0. The number of ketones is 1. The van der Waals surface area contributed by atoms with Gasteiger partial charge in [-0.2, -0.15) is 0 Å². The van der Waals surface area contributed by atoms with Gasteiger partial charge in [0.1, 0.15) is 0 Å². The third-order valence-electron chi connectivity index (χ3n) is 8.32. The molecule has 0 bridgehead atoms. The maximum atomic E-state index is 12.4. The number of carbonyl (C=O) groups is 1. The number of rotatable bonds is 15. The van der Waals surface area contributed by atoms with Crippen molar-refractivity contribution >= 4 is 5.78 Å². The topological polar surface area (TPSA) is 17.1 Å². The second-order valence-electron chi connectivity index (χ2n) is 11.2. The highest BCUT2D eigenvalue weighted by Gasteiger charge is 2.23. The van der Waals surface area contributed by atoms with Crippen LogP contribution in [0.2, 0.25) is 0 Å². The van der Waals surface area contributed by atoms with E-state index < -0.39 is 0 Å². The largest absolute Gasteiger partial charge is 0.294 e. The van der Waals surface area contributed by atoms with Gasteiger partial charge in [-0.25, -0.2) is 0 Å². The molecule has 1 aliphatic carbocycles. The van der Waals surface area contributed by atoms with Gasteiger partial charge in [0, 0.05) is 12.0 Å². The van der Waals surface area contributed by atoms with Gasteiger partial charge in [-0.05, 0) is 86.0 Å². The number of hydrogen-bond acceptors (Lipinski definition) is 1. The first-order chi connectivity index (χ1) is 17.1. The molecule has 1 saturated carbocycles. The lowest BCUT2D eigenvalue weighted by Gasteiger charge is -2.30. The van der Waals surface area contributed by atoms with Gasteiger partial charge in [0.15, 0.2) is 5.78 Å². The normalized spacial score (nSPS) is 18.0. The fourth-order valence-corrected chi connectivity index (χ4v) is 5.98. The third kappa shape index (κ3) is 9.25. The number of benzene rings is 2. The summed E-state index contributed by atoms with van der Waals surface area (Å²) in [4.78, 5) is 12.4. The Bertz CT molecular complexity index is 870.